The van der Waals surface area contributed by atoms with E-state index in [4.69, 9.17) is 23.2 Å². The lowest BCUT2D eigenvalue weighted by Gasteiger charge is -1.97. The number of hydrogen-bond donors (Lipinski definition) is 0. The fourth-order valence-electron chi connectivity index (χ4n) is 0.684. The number of rotatable bonds is 2. The van der Waals surface area contributed by atoms with Crippen molar-refractivity contribution in [2.75, 3.05) is 0 Å². The van der Waals surface area contributed by atoms with Crippen LogP contribution in [0.5, 0.6) is 0 Å². The highest BCUT2D eigenvalue weighted by Gasteiger charge is 1.90. The maximum Gasteiger partial charge on any atom is 0.0586 e. The summed E-state index contributed by atoms with van der Waals surface area (Å²) < 4.78 is 1.95. The first-order valence-electron chi connectivity index (χ1n) is 2.88. The second-order valence-corrected chi connectivity index (χ2v) is 2.62. The summed E-state index contributed by atoms with van der Waals surface area (Å²) in [5.41, 5.74) is 1.38. The van der Waals surface area contributed by atoms with Gasteiger partial charge in [0.1, 0.15) is 0 Å². The summed E-state index contributed by atoms with van der Waals surface area (Å²) in [6.45, 7) is 0.651. The Bertz CT molecular complexity index is 214. The molecule has 0 amide bonds. The second-order valence-electron chi connectivity index (χ2n) is 1.91. The largest absolute Gasteiger partial charge is 0.349 e. The molecule has 10 heavy (non-hydrogen) atoms. The molecule has 0 aliphatic carbocycles. The fraction of sp³-hybridized carbons (Fsp3) is 0.143. The minimum absolute atomic E-state index is 0.637. The van der Waals surface area contributed by atoms with Crippen LogP contribution >= 0.6 is 23.2 Å². The summed E-state index contributed by atoms with van der Waals surface area (Å²) in [7, 11) is 0. The van der Waals surface area contributed by atoms with Gasteiger partial charge in [0.05, 0.1) is 6.54 Å². The van der Waals surface area contributed by atoms with E-state index in [0.717, 1.165) is 0 Å². The van der Waals surface area contributed by atoms with Gasteiger partial charge in [0.25, 0.3) is 0 Å². The molecule has 1 aromatic heterocycles. The first-order valence-corrected chi connectivity index (χ1v) is 3.70. The molecule has 0 N–H and O–H groups in total. The third-order valence-electron chi connectivity index (χ3n) is 1.12. The molecule has 1 heterocycles. The first kappa shape index (κ1) is 7.70. The molecule has 3 heteroatoms. The molecule has 1 rings (SSSR count). The van der Waals surface area contributed by atoms with Crippen molar-refractivity contribution in [3.05, 3.63) is 35.1 Å². The van der Waals surface area contributed by atoms with E-state index >= 15 is 0 Å². The summed E-state index contributed by atoms with van der Waals surface area (Å²) in [6, 6.07) is 3.89. The average Bonchev–Trinajstić information content (AvgIpc) is 2.40. The zero-order valence-corrected chi connectivity index (χ0v) is 6.81. The summed E-state index contributed by atoms with van der Waals surface area (Å²) in [5, 5.41) is 0.637. The molecule has 0 aliphatic rings. The minimum Gasteiger partial charge on any atom is -0.349 e. The monoisotopic (exact) mass is 175 g/mol. The van der Waals surface area contributed by atoms with Crippen LogP contribution < -0.4 is 0 Å². The highest BCUT2D eigenvalue weighted by atomic mass is 35.5. The van der Waals surface area contributed by atoms with Gasteiger partial charge in [-0.05, 0) is 12.1 Å². The standard InChI is InChI=1S/C7H7Cl2N/c8-5-7(9)6-10-3-1-2-4-10/h1-5H,6H2. The molecule has 0 atom stereocenters. The van der Waals surface area contributed by atoms with E-state index in [1.54, 1.807) is 0 Å². The molecule has 1 nitrogen and oxygen atoms in total. The summed E-state index contributed by atoms with van der Waals surface area (Å²) in [4.78, 5) is 0. The lowest BCUT2D eigenvalue weighted by molar-refractivity contribution is 0.820. The van der Waals surface area contributed by atoms with E-state index in [9.17, 15) is 0 Å². The third kappa shape index (κ3) is 2.09. The van der Waals surface area contributed by atoms with Crippen molar-refractivity contribution >= 4 is 23.2 Å². The number of allylic oxidation sites excluding steroid dienone is 1. The zero-order chi connectivity index (χ0) is 7.40. The molecule has 0 unspecified atom stereocenters. The van der Waals surface area contributed by atoms with Gasteiger partial charge in [0.2, 0.25) is 0 Å². The number of aromatic nitrogens is 1. The SMILES string of the molecule is ClC=C(Cl)Cn1cccc1. The van der Waals surface area contributed by atoms with Gasteiger partial charge < -0.3 is 4.57 Å². The van der Waals surface area contributed by atoms with Crippen molar-refractivity contribution in [1.29, 1.82) is 0 Å². The van der Waals surface area contributed by atoms with Crippen molar-refractivity contribution in [2.45, 2.75) is 6.54 Å². The lowest BCUT2D eigenvalue weighted by Crippen LogP contribution is -1.92. The van der Waals surface area contributed by atoms with E-state index < -0.39 is 0 Å². The van der Waals surface area contributed by atoms with Crippen LogP contribution in [0.3, 0.4) is 0 Å². The third-order valence-corrected chi connectivity index (χ3v) is 1.72. The molecular formula is C7H7Cl2N. The van der Waals surface area contributed by atoms with Gasteiger partial charge in [-0.15, -0.1) is 0 Å². The zero-order valence-electron chi connectivity index (χ0n) is 5.30. The van der Waals surface area contributed by atoms with Crippen LogP contribution in [0, 0.1) is 0 Å². The Morgan fingerprint density at radius 2 is 2.00 bits per heavy atom. The molecule has 54 valence electrons. The molecule has 1 aromatic rings. The van der Waals surface area contributed by atoms with Gasteiger partial charge in [0, 0.05) is 23.0 Å². The second kappa shape index (κ2) is 3.69. The van der Waals surface area contributed by atoms with E-state index in [0.29, 0.717) is 11.6 Å². The normalized spacial score (nSPS) is 12.0. The van der Waals surface area contributed by atoms with Crippen molar-refractivity contribution in [2.24, 2.45) is 0 Å². The van der Waals surface area contributed by atoms with Crippen molar-refractivity contribution in [3.63, 3.8) is 0 Å². The van der Waals surface area contributed by atoms with E-state index in [-0.39, 0.29) is 0 Å². The Balaban J connectivity index is 2.56. The molecular weight excluding hydrogens is 169 g/mol. The molecule has 0 spiro atoms. The predicted molar refractivity (Wildman–Crippen MR) is 44.2 cm³/mol. The summed E-state index contributed by atoms with van der Waals surface area (Å²) in [5.74, 6) is 0. The molecule has 0 fully saturated rings. The Hall–Kier alpha value is -0.400. The molecule has 0 aliphatic heterocycles. The van der Waals surface area contributed by atoms with Gasteiger partial charge >= 0.3 is 0 Å². The Kier molecular flexibility index (Phi) is 2.84. The highest BCUT2D eigenvalue weighted by molar-refractivity contribution is 6.36. The maximum absolute atomic E-state index is 5.67. The van der Waals surface area contributed by atoms with Crippen LogP contribution in [0.4, 0.5) is 0 Å². The van der Waals surface area contributed by atoms with Gasteiger partial charge in [-0.25, -0.2) is 0 Å². The average molecular weight is 176 g/mol. The van der Waals surface area contributed by atoms with Gasteiger partial charge in [-0.1, -0.05) is 23.2 Å². The molecule has 0 radical (unpaired) electrons. The Labute approximate surface area is 69.9 Å². The minimum atomic E-state index is 0.637. The summed E-state index contributed by atoms with van der Waals surface area (Å²) >= 11 is 11.0. The maximum atomic E-state index is 5.67. The fourth-order valence-corrected chi connectivity index (χ4v) is 0.892. The van der Waals surface area contributed by atoms with Crippen LogP contribution in [0.1, 0.15) is 0 Å². The van der Waals surface area contributed by atoms with E-state index in [1.807, 2.05) is 29.1 Å². The van der Waals surface area contributed by atoms with Crippen LogP contribution in [-0.2, 0) is 6.54 Å². The highest BCUT2D eigenvalue weighted by Crippen LogP contribution is 2.06. The smallest absolute Gasteiger partial charge is 0.0586 e. The first-order chi connectivity index (χ1) is 4.83. The van der Waals surface area contributed by atoms with Gasteiger partial charge in [0.15, 0.2) is 0 Å². The van der Waals surface area contributed by atoms with E-state index in [1.165, 1.54) is 5.54 Å². The van der Waals surface area contributed by atoms with Gasteiger partial charge in [-0.3, -0.25) is 0 Å². The van der Waals surface area contributed by atoms with Crippen LogP contribution in [0.15, 0.2) is 35.1 Å². The van der Waals surface area contributed by atoms with Crippen molar-refractivity contribution in [1.82, 2.24) is 4.57 Å². The lowest BCUT2D eigenvalue weighted by atomic mass is 10.6. The van der Waals surface area contributed by atoms with Crippen LogP contribution in [0.25, 0.3) is 0 Å². The van der Waals surface area contributed by atoms with Crippen molar-refractivity contribution < 1.29 is 0 Å². The van der Waals surface area contributed by atoms with Gasteiger partial charge in [-0.2, -0.15) is 0 Å². The number of nitrogens with zero attached hydrogens (tertiary/aromatic N) is 1. The van der Waals surface area contributed by atoms with Crippen LogP contribution in [-0.4, -0.2) is 4.57 Å². The topological polar surface area (TPSA) is 4.93 Å². The van der Waals surface area contributed by atoms with E-state index in [2.05, 4.69) is 0 Å². The Morgan fingerprint density at radius 3 is 2.50 bits per heavy atom. The quantitative estimate of drug-likeness (QED) is 0.652. The molecule has 0 bridgehead atoms. The predicted octanol–water partition coefficient (Wildman–Crippen LogP) is 2.81. The Morgan fingerprint density at radius 1 is 1.40 bits per heavy atom. The number of halogens is 2. The summed E-state index contributed by atoms with van der Waals surface area (Å²) in [6.07, 6.45) is 3.87. The number of hydrogen-bond acceptors (Lipinski definition) is 0. The van der Waals surface area contributed by atoms with Crippen LogP contribution in [0.2, 0.25) is 0 Å². The van der Waals surface area contributed by atoms with Crippen molar-refractivity contribution in [3.8, 4) is 0 Å². The molecule has 0 saturated heterocycles. The molecule has 0 aromatic carbocycles. The molecule has 0 saturated carbocycles.